The van der Waals surface area contributed by atoms with Crippen molar-refractivity contribution in [1.29, 1.82) is 0 Å². The fourth-order valence-corrected chi connectivity index (χ4v) is 1.19. The number of aromatic nitrogens is 3. The molecule has 2 heterocycles. The van der Waals surface area contributed by atoms with Crippen LogP contribution in [0.3, 0.4) is 0 Å². The van der Waals surface area contributed by atoms with Crippen LogP contribution in [0.2, 0.25) is 0 Å². The van der Waals surface area contributed by atoms with Gasteiger partial charge >= 0.3 is 0 Å². The van der Waals surface area contributed by atoms with E-state index in [1.807, 2.05) is 26.2 Å². The van der Waals surface area contributed by atoms with Gasteiger partial charge in [-0.05, 0) is 18.6 Å². The number of pyridine rings is 1. The normalized spacial score (nSPS) is 10.8. The SMILES string of the molecule is Cc1cnc2c(c1)nc(N)n2C. The van der Waals surface area contributed by atoms with Crippen LogP contribution in [0.4, 0.5) is 5.95 Å². The van der Waals surface area contributed by atoms with Gasteiger partial charge in [0.05, 0.1) is 0 Å². The van der Waals surface area contributed by atoms with Crippen LogP contribution in [0.5, 0.6) is 0 Å². The van der Waals surface area contributed by atoms with Crippen LogP contribution in [0, 0.1) is 6.92 Å². The molecule has 0 spiro atoms. The molecule has 0 saturated heterocycles. The maximum absolute atomic E-state index is 5.61. The predicted molar refractivity (Wildman–Crippen MR) is 47.7 cm³/mol. The zero-order chi connectivity index (χ0) is 8.72. The highest BCUT2D eigenvalue weighted by Crippen LogP contribution is 2.13. The standard InChI is InChI=1S/C8H10N4/c1-5-3-6-7(10-4-5)12(2)8(9)11-6/h3-4H,1-2H3,(H2,9,11). The lowest BCUT2D eigenvalue weighted by molar-refractivity contribution is 0.947. The number of hydrogen-bond donors (Lipinski definition) is 1. The number of nitrogen functional groups attached to an aromatic ring is 1. The lowest BCUT2D eigenvalue weighted by atomic mass is 10.3. The third-order valence-corrected chi connectivity index (χ3v) is 1.88. The number of nitrogens with zero attached hydrogens (tertiary/aromatic N) is 3. The van der Waals surface area contributed by atoms with Crippen molar-refractivity contribution in [1.82, 2.24) is 14.5 Å². The summed E-state index contributed by atoms with van der Waals surface area (Å²) in [5, 5.41) is 0. The molecule has 0 bridgehead atoms. The van der Waals surface area contributed by atoms with Crippen molar-refractivity contribution in [2.45, 2.75) is 6.92 Å². The molecule has 2 N–H and O–H groups in total. The van der Waals surface area contributed by atoms with E-state index in [0.717, 1.165) is 16.7 Å². The molecular formula is C8H10N4. The third-order valence-electron chi connectivity index (χ3n) is 1.88. The maximum atomic E-state index is 5.61. The molecule has 0 aromatic carbocycles. The Balaban J connectivity index is 2.87. The third kappa shape index (κ3) is 0.845. The molecule has 2 rings (SSSR count). The van der Waals surface area contributed by atoms with Gasteiger partial charge in [-0.15, -0.1) is 0 Å². The second-order valence-electron chi connectivity index (χ2n) is 2.88. The van der Waals surface area contributed by atoms with Gasteiger partial charge in [-0.3, -0.25) is 4.57 Å². The average Bonchev–Trinajstić information content (AvgIpc) is 2.28. The van der Waals surface area contributed by atoms with Crippen molar-refractivity contribution in [3.05, 3.63) is 17.8 Å². The molecule has 2 aromatic heterocycles. The predicted octanol–water partition coefficient (Wildman–Crippen LogP) is 0.859. The highest BCUT2D eigenvalue weighted by molar-refractivity contribution is 5.74. The van der Waals surface area contributed by atoms with E-state index in [0.29, 0.717) is 5.95 Å². The molecule has 2 aromatic rings. The summed E-state index contributed by atoms with van der Waals surface area (Å²) in [5.74, 6) is 0.503. The van der Waals surface area contributed by atoms with Crippen molar-refractivity contribution in [2.24, 2.45) is 7.05 Å². The van der Waals surface area contributed by atoms with Crippen molar-refractivity contribution in [2.75, 3.05) is 5.73 Å². The van der Waals surface area contributed by atoms with Gasteiger partial charge in [0.25, 0.3) is 0 Å². The van der Waals surface area contributed by atoms with E-state index in [9.17, 15) is 0 Å². The van der Waals surface area contributed by atoms with Gasteiger partial charge in [0.1, 0.15) is 5.52 Å². The molecule has 0 fully saturated rings. The van der Waals surface area contributed by atoms with Gasteiger partial charge in [0, 0.05) is 13.2 Å². The smallest absolute Gasteiger partial charge is 0.202 e. The van der Waals surface area contributed by atoms with Crippen molar-refractivity contribution in [3.63, 3.8) is 0 Å². The molecule has 12 heavy (non-hydrogen) atoms. The van der Waals surface area contributed by atoms with E-state index in [-0.39, 0.29) is 0 Å². The lowest BCUT2D eigenvalue weighted by Gasteiger charge is -1.94. The van der Waals surface area contributed by atoms with Crippen molar-refractivity contribution >= 4 is 17.1 Å². The summed E-state index contributed by atoms with van der Waals surface area (Å²) in [7, 11) is 1.85. The van der Waals surface area contributed by atoms with Crippen LogP contribution in [-0.4, -0.2) is 14.5 Å². The molecule has 4 heteroatoms. The van der Waals surface area contributed by atoms with Gasteiger partial charge in [0.15, 0.2) is 5.65 Å². The number of hydrogen-bond acceptors (Lipinski definition) is 3. The van der Waals surface area contributed by atoms with Crippen LogP contribution in [0.1, 0.15) is 5.56 Å². The Bertz CT molecular complexity index is 430. The highest BCUT2D eigenvalue weighted by Gasteiger charge is 2.04. The Morgan fingerprint density at radius 1 is 1.50 bits per heavy atom. The number of rotatable bonds is 0. The fraction of sp³-hybridized carbons (Fsp3) is 0.250. The average molecular weight is 162 g/mol. The van der Waals surface area contributed by atoms with E-state index in [2.05, 4.69) is 9.97 Å². The zero-order valence-corrected chi connectivity index (χ0v) is 7.07. The van der Waals surface area contributed by atoms with Crippen molar-refractivity contribution in [3.8, 4) is 0 Å². The minimum Gasteiger partial charge on any atom is -0.369 e. The number of aryl methyl sites for hydroxylation is 2. The van der Waals surface area contributed by atoms with Gasteiger partial charge in [-0.2, -0.15) is 0 Å². The molecule has 62 valence electrons. The second-order valence-corrected chi connectivity index (χ2v) is 2.88. The fourth-order valence-electron chi connectivity index (χ4n) is 1.19. The molecule has 0 aliphatic carbocycles. The van der Waals surface area contributed by atoms with E-state index < -0.39 is 0 Å². The van der Waals surface area contributed by atoms with Crippen molar-refractivity contribution < 1.29 is 0 Å². The summed E-state index contributed by atoms with van der Waals surface area (Å²) in [4.78, 5) is 8.37. The number of fused-ring (bicyclic) bond motifs is 1. The summed E-state index contributed by atoms with van der Waals surface area (Å²) in [6.45, 7) is 1.98. The summed E-state index contributed by atoms with van der Waals surface area (Å²) in [6.07, 6.45) is 1.81. The highest BCUT2D eigenvalue weighted by atomic mass is 15.2. The molecule has 0 atom stereocenters. The first-order valence-corrected chi connectivity index (χ1v) is 3.73. The molecule has 0 radical (unpaired) electrons. The molecule has 0 saturated carbocycles. The van der Waals surface area contributed by atoms with Crippen LogP contribution < -0.4 is 5.73 Å². The first-order chi connectivity index (χ1) is 5.68. The lowest BCUT2D eigenvalue weighted by Crippen LogP contribution is -1.96. The molecule has 4 nitrogen and oxygen atoms in total. The van der Waals surface area contributed by atoms with Crippen LogP contribution in [0.25, 0.3) is 11.2 Å². The largest absolute Gasteiger partial charge is 0.369 e. The summed E-state index contributed by atoms with van der Waals surface area (Å²) < 4.78 is 1.77. The summed E-state index contributed by atoms with van der Waals surface area (Å²) in [6, 6.07) is 1.97. The first kappa shape index (κ1) is 7.09. The minimum absolute atomic E-state index is 0.503. The molecule has 0 unspecified atom stereocenters. The Morgan fingerprint density at radius 2 is 2.25 bits per heavy atom. The maximum Gasteiger partial charge on any atom is 0.202 e. The zero-order valence-electron chi connectivity index (χ0n) is 7.07. The summed E-state index contributed by atoms with van der Waals surface area (Å²) in [5.41, 5.74) is 8.40. The second kappa shape index (κ2) is 2.20. The van der Waals surface area contributed by atoms with Gasteiger partial charge in [-0.25, -0.2) is 9.97 Å². The Labute approximate surface area is 70.0 Å². The quantitative estimate of drug-likeness (QED) is 0.625. The topological polar surface area (TPSA) is 56.7 Å². The Kier molecular flexibility index (Phi) is 1.30. The van der Waals surface area contributed by atoms with Gasteiger partial charge in [-0.1, -0.05) is 0 Å². The van der Waals surface area contributed by atoms with E-state index in [1.54, 1.807) is 4.57 Å². The molecule has 0 aliphatic rings. The van der Waals surface area contributed by atoms with Gasteiger partial charge in [0.2, 0.25) is 5.95 Å². The Hall–Kier alpha value is -1.58. The number of anilines is 1. The summed E-state index contributed by atoms with van der Waals surface area (Å²) >= 11 is 0. The monoisotopic (exact) mass is 162 g/mol. The molecule has 0 aliphatic heterocycles. The van der Waals surface area contributed by atoms with E-state index >= 15 is 0 Å². The number of nitrogens with two attached hydrogens (primary N) is 1. The first-order valence-electron chi connectivity index (χ1n) is 3.73. The molecular weight excluding hydrogens is 152 g/mol. The van der Waals surface area contributed by atoms with Crippen LogP contribution in [0.15, 0.2) is 12.3 Å². The van der Waals surface area contributed by atoms with E-state index in [1.165, 1.54) is 0 Å². The Morgan fingerprint density at radius 3 is 3.00 bits per heavy atom. The number of imidazole rings is 1. The van der Waals surface area contributed by atoms with Crippen LogP contribution in [-0.2, 0) is 7.05 Å². The molecule has 0 amide bonds. The van der Waals surface area contributed by atoms with Crippen LogP contribution >= 0.6 is 0 Å². The van der Waals surface area contributed by atoms with E-state index in [4.69, 9.17) is 5.73 Å². The van der Waals surface area contributed by atoms with Gasteiger partial charge < -0.3 is 5.73 Å². The minimum atomic E-state index is 0.503.